The molecule has 0 aliphatic rings. The van der Waals surface area contributed by atoms with E-state index in [2.05, 4.69) is 10.3 Å². The van der Waals surface area contributed by atoms with E-state index >= 15 is 0 Å². The highest BCUT2D eigenvalue weighted by Crippen LogP contribution is 2.33. The van der Waals surface area contributed by atoms with Crippen LogP contribution in [0.3, 0.4) is 0 Å². The lowest BCUT2D eigenvalue weighted by Crippen LogP contribution is -2.35. The molecule has 0 radical (unpaired) electrons. The maximum atomic E-state index is 13.1. The summed E-state index contributed by atoms with van der Waals surface area (Å²) >= 11 is 4.39. The van der Waals surface area contributed by atoms with Crippen molar-refractivity contribution in [1.29, 1.82) is 0 Å². The van der Waals surface area contributed by atoms with Gasteiger partial charge in [-0.15, -0.1) is 34.0 Å². The fraction of sp³-hybridized carbons (Fsp3) is 0.200. The third kappa shape index (κ3) is 4.20. The molecule has 7 nitrogen and oxygen atoms in total. The number of carbonyl (C=O) groups is 2. The van der Waals surface area contributed by atoms with Crippen molar-refractivity contribution < 1.29 is 14.3 Å². The Morgan fingerprint density at radius 2 is 2.00 bits per heavy atom. The second-order valence-corrected chi connectivity index (χ2v) is 9.19. The summed E-state index contributed by atoms with van der Waals surface area (Å²) in [7, 11) is 1.31. The fourth-order valence-corrected chi connectivity index (χ4v) is 5.55. The number of fused-ring (bicyclic) bond motifs is 1. The molecule has 10 heteroatoms. The van der Waals surface area contributed by atoms with Crippen molar-refractivity contribution in [2.75, 3.05) is 7.11 Å². The molecule has 0 bridgehead atoms. The van der Waals surface area contributed by atoms with Crippen LogP contribution in [0.25, 0.3) is 20.7 Å². The molecule has 154 valence electrons. The predicted molar refractivity (Wildman–Crippen MR) is 119 cm³/mol. The maximum absolute atomic E-state index is 13.1. The SMILES string of the molecule is COC(=O)CC(NC(=O)Cn1cnc2scc(-c3cccs3)c2c1=O)c1cccs1. The Morgan fingerprint density at radius 1 is 1.20 bits per heavy atom. The highest BCUT2D eigenvalue weighted by Gasteiger charge is 2.21. The molecule has 0 aromatic carbocycles. The van der Waals surface area contributed by atoms with E-state index in [-0.39, 0.29) is 24.4 Å². The number of ether oxygens (including phenoxy) is 1. The summed E-state index contributed by atoms with van der Waals surface area (Å²) in [6.45, 7) is -0.190. The minimum atomic E-state index is -0.514. The Hall–Kier alpha value is -2.82. The van der Waals surface area contributed by atoms with Crippen LogP contribution in [-0.2, 0) is 20.9 Å². The van der Waals surface area contributed by atoms with Gasteiger partial charge in [0.15, 0.2) is 0 Å². The van der Waals surface area contributed by atoms with Gasteiger partial charge in [0.05, 0.1) is 31.3 Å². The first-order valence-electron chi connectivity index (χ1n) is 8.97. The molecule has 0 saturated carbocycles. The van der Waals surface area contributed by atoms with Gasteiger partial charge in [-0.05, 0) is 22.9 Å². The number of hydrogen-bond donors (Lipinski definition) is 1. The van der Waals surface area contributed by atoms with Gasteiger partial charge in [-0.3, -0.25) is 19.0 Å². The zero-order chi connectivity index (χ0) is 21.1. The summed E-state index contributed by atoms with van der Waals surface area (Å²) in [5.74, 6) is -0.804. The molecule has 1 amide bonds. The van der Waals surface area contributed by atoms with Gasteiger partial charge in [-0.1, -0.05) is 12.1 Å². The molecule has 0 saturated heterocycles. The highest BCUT2D eigenvalue weighted by atomic mass is 32.1. The molecule has 4 rings (SSSR count). The number of amides is 1. The van der Waals surface area contributed by atoms with Crippen molar-refractivity contribution in [1.82, 2.24) is 14.9 Å². The Bertz CT molecular complexity index is 1230. The summed E-state index contributed by atoms with van der Waals surface area (Å²) in [4.78, 5) is 44.3. The van der Waals surface area contributed by atoms with Crippen molar-refractivity contribution in [2.24, 2.45) is 0 Å². The minimum absolute atomic E-state index is 0.0159. The predicted octanol–water partition coefficient (Wildman–Crippen LogP) is 3.67. The molecule has 1 N–H and O–H groups in total. The largest absolute Gasteiger partial charge is 0.469 e. The van der Waals surface area contributed by atoms with Gasteiger partial charge < -0.3 is 10.1 Å². The first-order chi connectivity index (χ1) is 14.6. The average Bonchev–Trinajstić information content (AvgIpc) is 3.50. The van der Waals surface area contributed by atoms with E-state index in [0.29, 0.717) is 10.2 Å². The van der Waals surface area contributed by atoms with Crippen LogP contribution in [0.4, 0.5) is 0 Å². The first kappa shape index (κ1) is 20.5. The molecule has 4 heterocycles. The molecule has 0 aliphatic carbocycles. The van der Waals surface area contributed by atoms with Gasteiger partial charge in [0.25, 0.3) is 5.56 Å². The Kier molecular flexibility index (Phi) is 6.07. The second kappa shape index (κ2) is 8.90. The smallest absolute Gasteiger partial charge is 0.307 e. The zero-order valence-corrected chi connectivity index (χ0v) is 18.3. The number of methoxy groups -OCH3 is 1. The second-order valence-electron chi connectivity index (χ2n) is 6.40. The molecule has 1 unspecified atom stereocenters. The molecule has 4 aromatic heterocycles. The van der Waals surface area contributed by atoms with Crippen LogP contribution in [0.5, 0.6) is 0 Å². The van der Waals surface area contributed by atoms with Crippen LogP contribution in [-0.4, -0.2) is 28.5 Å². The third-order valence-electron chi connectivity index (χ3n) is 4.48. The Morgan fingerprint density at radius 3 is 2.70 bits per heavy atom. The molecule has 1 atom stereocenters. The van der Waals surface area contributed by atoms with Crippen LogP contribution in [0.1, 0.15) is 17.3 Å². The van der Waals surface area contributed by atoms with E-state index in [9.17, 15) is 14.4 Å². The van der Waals surface area contributed by atoms with Crippen molar-refractivity contribution >= 4 is 56.1 Å². The normalized spacial score (nSPS) is 12.0. The van der Waals surface area contributed by atoms with Gasteiger partial charge in [0, 0.05) is 20.7 Å². The third-order valence-corrected chi connectivity index (χ3v) is 7.26. The van der Waals surface area contributed by atoms with Crippen LogP contribution in [0.15, 0.2) is 51.5 Å². The standard InChI is InChI=1S/C20H17N3O4S3/c1-27-17(25)8-13(15-5-3-7-29-15)22-16(24)9-23-11-21-19-18(20(23)26)12(10-30-19)14-4-2-6-28-14/h2-7,10-11,13H,8-9H2,1H3,(H,22,24). The van der Waals surface area contributed by atoms with Crippen LogP contribution < -0.4 is 10.9 Å². The number of aromatic nitrogens is 2. The van der Waals surface area contributed by atoms with E-state index in [4.69, 9.17) is 4.74 Å². The van der Waals surface area contributed by atoms with Crippen molar-refractivity contribution in [3.8, 4) is 10.4 Å². The summed E-state index contributed by atoms with van der Waals surface area (Å²) in [6, 6.07) is 7.06. The number of carbonyl (C=O) groups excluding carboxylic acids is 2. The van der Waals surface area contributed by atoms with Crippen molar-refractivity contribution in [3.63, 3.8) is 0 Å². The quantitative estimate of drug-likeness (QED) is 0.426. The van der Waals surface area contributed by atoms with Gasteiger partial charge in [0.2, 0.25) is 5.91 Å². The molecular formula is C20H17N3O4S3. The van der Waals surface area contributed by atoms with Gasteiger partial charge in [-0.2, -0.15) is 0 Å². The van der Waals surface area contributed by atoms with Gasteiger partial charge in [0.1, 0.15) is 11.4 Å². The highest BCUT2D eigenvalue weighted by molar-refractivity contribution is 7.18. The van der Waals surface area contributed by atoms with Gasteiger partial charge >= 0.3 is 5.97 Å². The zero-order valence-electron chi connectivity index (χ0n) is 15.9. The monoisotopic (exact) mass is 459 g/mol. The van der Waals surface area contributed by atoms with E-state index in [1.165, 1.54) is 40.7 Å². The van der Waals surface area contributed by atoms with E-state index in [1.807, 2.05) is 40.4 Å². The van der Waals surface area contributed by atoms with Crippen molar-refractivity contribution in [3.05, 3.63) is 62.0 Å². The first-order valence-corrected chi connectivity index (χ1v) is 11.6. The van der Waals surface area contributed by atoms with Crippen LogP contribution >= 0.6 is 34.0 Å². The van der Waals surface area contributed by atoms with E-state index in [1.54, 1.807) is 11.3 Å². The lowest BCUT2D eigenvalue weighted by molar-refractivity contribution is -0.141. The van der Waals surface area contributed by atoms with Crippen molar-refractivity contribution in [2.45, 2.75) is 19.0 Å². The topological polar surface area (TPSA) is 90.3 Å². The summed E-state index contributed by atoms with van der Waals surface area (Å²) in [6.07, 6.45) is 1.40. The number of hydrogen-bond acceptors (Lipinski definition) is 8. The van der Waals surface area contributed by atoms with E-state index < -0.39 is 12.0 Å². The van der Waals surface area contributed by atoms with E-state index in [0.717, 1.165) is 15.3 Å². The van der Waals surface area contributed by atoms with Crippen LogP contribution in [0.2, 0.25) is 0 Å². The number of rotatable bonds is 7. The lowest BCUT2D eigenvalue weighted by atomic mass is 10.1. The maximum Gasteiger partial charge on any atom is 0.307 e. The molecule has 0 spiro atoms. The molecular weight excluding hydrogens is 442 g/mol. The number of nitrogens with zero attached hydrogens (tertiary/aromatic N) is 2. The number of esters is 1. The lowest BCUT2D eigenvalue weighted by Gasteiger charge is -2.17. The molecule has 0 fully saturated rings. The fourth-order valence-electron chi connectivity index (χ4n) is 3.05. The number of nitrogens with one attached hydrogen (secondary N) is 1. The summed E-state index contributed by atoms with van der Waals surface area (Å²) in [5, 5.41) is 9.09. The average molecular weight is 460 g/mol. The van der Waals surface area contributed by atoms with Gasteiger partial charge in [-0.25, -0.2) is 4.98 Å². The molecule has 30 heavy (non-hydrogen) atoms. The molecule has 0 aliphatic heterocycles. The Balaban J connectivity index is 1.58. The summed E-state index contributed by atoms with van der Waals surface area (Å²) in [5.41, 5.74) is 0.569. The van der Waals surface area contributed by atoms with Crippen LogP contribution in [0, 0.1) is 0 Å². The minimum Gasteiger partial charge on any atom is -0.469 e. The Labute approximate surface area is 183 Å². The molecule has 4 aromatic rings. The number of thiophene rings is 3. The summed E-state index contributed by atoms with van der Waals surface area (Å²) < 4.78 is 6.03.